The van der Waals surface area contributed by atoms with Crippen molar-refractivity contribution in [3.63, 3.8) is 0 Å². The zero-order valence-electron chi connectivity index (χ0n) is 16.9. The first-order chi connectivity index (χ1) is 14.7. The van der Waals surface area contributed by atoms with Crippen molar-refractivity contribution in [1.29, 1.82) is 0 Å². The maximum atomic E-state index is 13.5. The van der Waals surface area contributed by atoms with Crippen LogP contribution in [0.15, 0.2) is 67.1 Å². The van der Waals surface area contributed by atoms with Crippen molar-refractivity contribution in [2.24, 2.45) is 0 Å². The maximum absolute atomic E-state index is 13.5. The molecule has 152 valence electrons. The van der Waals surface area contributed by atoms with E-state index >= 15 is 0 Å². The van der Waals surface area contributed by atoms with Crippen LogP contribution in [-0.4, -0.2) is 45.2 Å². The van der Waals surface area contributed by atoms with E-state index in [0.29, 0.717) is 6.04 Å². The third-order valence-corrected chi connectivity index (χ3v) is 5.80. The summed E-state index contributed by atoms with van der Waals surface area (Å²) in [7, 11) is 0. The molecule has 1 aromatic carbocycles. The molecule has 6 heteroatoms. The Balaban J connectivity index is 1.60. The minimum atomic E-state index is -0.250. The van der Waals surface area contributed by atoms with Gasteiger partial charge in [-0.1, -0.05) is 6.07 Å². The van der Waals surface area contributed by atoms with Gasteiger partial charge in [0.15, 0.2) is 0 Å². The van der Waals surface area contributed by atoms with E-state index in [2.05, 4.69) is 40.5 Å². The molecular weight excluding hydrogens is 377 g/mol. The first-order valence-corrected chi connectivity index (χ1v) is 10.3. The van der Waals surface area contributed by atoms with E-state index in [1.165, 1.54) is 17.7 Å². The summed E-state index contributed by atoms with van der Waals surface area (Å²) >= 11 is 0. The van der Waals surface area contributed by atoms with Gasteiger partial charge in [-0.15, -0.1) is 0 Å². The summed E-state index contributed by atoms with van der Waals surface area (Å²) in [5.74, 6) is -0.250. The second-order valence-corrected chi connectivity index (χ2v) is 7.86. The average molecular weight is 401 g/mol. The molecule has 4 aromatic rings. The number of piperazine rings is 1. The fourth-order valence-corrected chi connectivity index (χ4v) is 4.15. The molecule has 0 unspecified atom stereocenters. The molecule has 1 atom stereocenters. The molecule has 0 saturated carbocycles. The van der Waals surface area contributed by atoms with Gasteiger partial charge in [-0.25, -0.2) is 8.91 Å². The number of fused-ring (bicyclic) bond motifs is 1. The Labute approximate surface area is 175 Å². The molecule has 5 rings (SSSR count). The first kappa shape index (κ1) is 18.9. The van der Waals surface area contributed by atoms with E-state index in [4.69, 9.17) is 5.10 Å². The summed E-state index contributed by atoms with van der Waals surface area (Å²) in [6.45, 7) is 6.24. The Kier molecular flexibility index (Phi) is 5.02. The van der Waals surface area contributed by atoms with Gasteiger partial charge in [0.25, 0.3) is 0 Å². The Morgan fingerprint density at radius 3 is 2.60 bits per heavy atom. The predicted molar refractivity (Wildman–Crippen MR) is 117 cm³/mol. The molecule has 1 N–H and O–H groups in total. The molecule has 1 aliphatic rings. The van der Waals surface area contributed by atoms with Crippen LogP contribution in [0.3, 0.4) is 0 Å². The summed E-state index contributed by atoms with van der Waals surface area (Å²) in [6, 6.07) is 15.3. The molecule has 0 spiro atoms. The summed E-state index contributed by atoms with van der Waals surface area (Å²) in [5, 5.41) is 8.34. The number of nitrogens with zero attached hydrogens (tertiary/aromatic N) is 4. The van der Waals surface area contributed by atoms with Crippen molar-refractivity contribution in [3.05, 3.63) is 78.5 Å². The highest BCUT2D eigenvalue weighted by Crippen LogP contribution is 2.35. The molecule has 3 aromatic heterocycles. The van der Waals surface area contributed by atoms with Crippen LogP contribution in [0.2, 0.25) is 0 Å². The zero-order chi connectivity index (χ0) is 20.5. The third-order valence-electron chi connectivity index (χ3n) is 5.80. The van der Waals surface area contributed by atoms with E-state index in [9.17, 15) is 4.39 Å². The van der Waals surface area contributed by atoms with Gasteiger partial charge in [0, 0.05) is 61.9 Å². The SMILES string of the molecule is C[C@H]1CNCCN1Cc1ccc2c(-c3ccncc3)c(-c3ccc(F)cc3)nn2c1. The highest BCUT2D eigenvalue weighted by atomic mass is 19.1. The van der Waals surface area contributed by atoms with Crippen molar-refractivity contribution in [1.82, 2.24) is 24.8 Å². The lowest BCUT2D eigenvalue weighted by molar-refractivity contribution is 0.165. The monoisotopic (exact) mass is 401 g/mol. The van der Waals surface area contributed by atoms with Gasteiger partial charge >= 0.3 is 0 Å². The fourth-order valence-electron chi connectivity index (χ4n) is 4.15. The molecule has 0 aliphatic carbocycles. The van der Waals surface area contributed by atoms with Crippen LogP contribution >= 0.6 is 0 Å². The summed E-state index contributed by atoms with van der Waals surface area (Å²) in [6.07, 6.45) is 5.68. The van der Waals surface area contributed by atoms with Crippen molar-refractivity contribution in [2.75, 3.05) is 19.6 Å². The van der Waals surface area contributed by atoms with Gasteiger partial charge in [-0.2, -0.15) is 5.10 Å². The Morgan fingerprint density at radius 2 is 1.83 bits per heavy atom. The van der Waals surface area contributed by atoms with Gasteiger partial charge in [-0.3, -0.25) is 9.88 Å². The number of rotatable bonds is 4. The first-order valence-electron chi connectivity index (χ1n) is 10.3. The number of hydrogen-bond donors (Lipinski definition) is 1. The van der Waals surface area contributed by atoms with Crippen LogP contribution in [0.4, 0.5) is 4.39 Å². The van der Waals surface area contributed by atoms with Crippen LogP contribution in [0.1, 0.15) is 12.5 Å². The molecular formula is C24H24FN5. The normalized spacial score (nSPS) is 17.5. The van der Waals surface area contributed by atoms with Crippen LogP contribution in [0.5, 0.6) is 0 Å². The van der Waals surface area contributed by atoms with Gasteiger partial charge in [0.1, 0.15) is 11.5 Å². The number of benzene rings is 1. The Bertz CT molecular complexity index is 1150. The molecule has 1 fully saturated rings. The van der Waals surface area contributed by atoms with E-state index < -0.39 is 0 Å². The minimum Gasteiger partial charge on any atom is -0.314 e. The average Bonchev–Trinajstić information content (AvgIpc) is 3.15. The number of nitrogens with one attached hydrogen (secondary N) is 1. The Morgan fingerprint density at radius 1 is 1.03 bits per heavy atom. The summed E-state index contributed by atoms with van der Waals surface area (Å²) in [5.41, 5.74) is 6.07. The van der Waals surface area contributed by atoms with Crippen molar-refractivity contribution >= 4 is 5.52 Å². The van der Waals surface area contributed by atoms with E-state index in [1.54, 1.807) is 24.5 Å². The van der Waals surface area contributed by atoms with Gasteiger partial charge in [-0.05, 0) is 60.5 Å². The van der Waals surface area contributed by atoms with Crippen LogP contribution < -0.4 is 5.32 Å². The molecule has 1 aliphatic heterocycles. The van der Waals surface area contributed by atoms with Gasteiger partial charge in [0.2, 0.25) is 0 Å². The molecule has 30 heavy (non-hydrogen) atoms. The lowest BCUT2D eigenvalue weighted by atomic mass is 10.0. The topological polar surface area (TPSA) is 45.5 Å². The highest BCUT2D eigenvalue weighted by Gasteiger charge is 2.20. The van der Waals surface area contributed by atoms with Crippen molar-refractivity contribution in [2.45, 2.75) is 19.5 Å². The fraction of sp³-hybridized carbons (Fsp3) is 0.250. The van der Waals surface area contributed by atoms with Crippen molar-refractivity contribution in [3.8, 4) is 22.4 Å². The molecule has 4 heterocycles. The molecule has 0 amide bonds. The Hall–Kier alpha value is -3.09. The number of halogens is 1. The third kappa shape index (κ3) is 3.60. The predicted octanol–water partition coefficient (Wildman–Crippen LogP) is 4.00. The highest BCUT2D eigenvalue weighted by molar-refractivity contribution is 5.92. The van der Waals surface area contributed by atoms with Crippen LogP contribution in [0.25, 0.3) is 27.9 Å². The standard InChI is InChI=1S/C24H24FN5/c1-17-14-27-12-13-29(17)15-18-2-7-22-23(19-8-10-26-11-9-19)24(28-30(22)16-18)20-3-5-21(25)6-4-20/h2-11,16-17,27H,12-15H2,1H3/t17-/m0/s1. The smallest absolute Gasteiger partial charge is 0.123 e. The summed E-state index contributed by atoms with van der Waals surface area (Å²) < 4.78 is 15.4. The molecule has 1 saturated heterocycles. The quantitative estimate of drug-likeness (QED) is 0.562. The van der Waals surface area contributed by atoms with E-state index in [0.717, 1.165) is 54.1 Å². The summed E-state index contributed by atoms with van der Waals surface area (Å²) in [4.78, 5) is 6.64. The lowest BCUT2D eigenvalue weighted by Gasteiger charge is -2.33. The molecule has 0 bridgehead atoms. The van der Waals surface area contributed by atoms with Crippen LogP contribution in [-0.2, 0) is 6.54 Å². The molecule has 5 nitrogen and oxygen atoms in total. The van der Waals surface area contributed by atoms with Gasteiger partial charge in [0.05, 0.1) is 5.52 Å². The van der Waals surface area contributed by atoms with Crippen LogP contribution in [0, 0.1) is 5.82 Å². The van der Waals surface area contributed by atoms with E-state index in [1.807, 2.05) is 16.6 Å². The van der Waals surface area contributed by atoms with Crippen molar-refractivity contribution < 1.29 is 4.39 Å². The number of pyridine rings is 2. The number of hydrogen-bond acceptors (Lipinski definition) is 4. The van der Waals surface area contributed by atoms with Gasteiger partial charge < -0.3 is 5.32 Å². The molecule has 0 radical (unpaired) electrons. The second kappa shape index (κ2) is 7.97. The lowest BCUT2D eigenvalue weighted by Crippen LogP contribution is -2.49. The maximum Gasteiger partial charge on any atom is 0.123 e. The second-order valence-electron chi connectivity index (χ2n) is 7.86. The minimum absolute atomic E-state index is 0.250. The zero-order valence-corrected chi connectivity index (χ0v) is 16.9. The van der Waals surface area contributed by atoms with E-state index in [-0.39, 0.29) is 5.82 Å². The largest absolute Gasteiger partial charge is 0.314 e. The number of aromatic nitrogens is 3.